The number of hydrogen-bond donors (Lipinski definition) is 1. The molecule has 7 heteroatoms. The number of nitrogens with one attached hydrogen (secondary N) is 1. The van der Waals surface area contributed by atoms with Gasteiger partial charge in [-0.1, -0.05) is 31.2 Å². The van der Waals surface area contributed by atoms with Crippen molar-refractivity contribution >= 4 is 17.8 Å². The molecular weight excluding hydrogens is 342 g/mol. The molecule has 0 bridgehead atoms. The fourth-order valence-electron chi connectivity index (χ4n) is 3.09. The highest BCUT2D eigenvalue weighted by atomic mass is 16.2. The van der Waals surface area contributed by atoms with E-state index in [4.69, 9.17) is 0 Å². The van der Waals surface area contributed by atoms with Crippen LogP contribution in [-0.4, -0.2) is 52.9 Å². The maximum Gasteiger partial charge on any atom is 0.312 e. The zero-order valence-corrected chi connectivity index (χ0v) is 15.8. The lowest BCUT2D eigenvalue weighted by Crippen LogP contribution is -2.53. The van der Waals surface area contributed by atoms with Gasteiger partial charge in [-0.2, -0.15) is 0 Å². The summed E-state index contributed by atoms with van der Waals surface area (Å²) >= 11 is 0. The van der Waals surface area contributed by atoms with Gasteiger partial charge in [0, 0.05) is 38.6 Å². The van der Waals surface area contributed by atoms with Gasteiger partial charge >= 0.3 is 11.8 Å². The molecule has 27 heavy (non-hydrogen) atoms. The fraction of sp³-hybridized carbons (Fsp3) is 0.400. The van der Waals surface area contributed by atoms with E-state index in [9.17, 15) is 9.59 Å². The summed E-state index contributed by atoms with van der Waals surface area (Å²) in [6, 6.07) is 9.63. The fourth-order valence-corrected chi connectivity index (χ4v) is 3.09. The Labute approximate surface area is 159 Å². The van der Waals surface area contributed by atoms with E-state index in [0.717, 1.165) is 12.0 Å². The topological polar surface area (TPSA) is 78.4 Å². The van der Waals surface area contributed by atoms with E-state index in [1.807, 2.05) is 36.1 Å². The first-order valence-electron chi connectivity index (χ1n) is 9.29. The van der Waals surface area contributed by atoms with Crippen molar-refractivity contribution in [2.75, 3.05) is 31.1 Å². The largest absolute Gasteiger partial charge is 0.341 e. The molecule has 2 aromatic rings. The summed E-state index contributed by atoms with van der Waals surface area (Å²) in [5, 5.41) is 2.81. The first-order chi connectivity index (χ1) is 13.1. The van der Waals surface area contributed by atoms with Crippen molar-refractivity contribution in [2.45, 2.75) is 26.3 Å². The highest BCUT2D eigenvalue weighted by Gasteiger charge is 2.27. The van der Waals surface area contributed by atoms with E-state index in [-0.39, 0.29) is 6.04 Å². The van der Waals surface area contributed by atoms with Crippen molar-refractivity contribution in [3.05, 3.63) is 53.9 Å². The molecular formula is C20H25N5O2. The molecule has 1 saturated heterocycles. The van der Waals surface area contributed by atoms with Gasteiger partial charge in [0.1, 0.15) is 0 Å². The molecule has 0 radical (unpaired) electrons. The normalized spacial score (nSPS) is 15.3. The van der Waals surface area contributed by atoms with Gasteiger partial charge in [-0.05, 0) is 30.5 Å². The van der Waals surface area contributed by atoms with Crippen molar-refractivity contribution in [1.29, 1.82) is 0 Å². The third-order valence-corrected chi connectivity index (χ3v) is 4.83. The molecule has 1 aliphatic rings. The number of anilines is 1. The maximum atomic E-state index is 12.5. The minimum absolute atomic E-state index is 0.216. The van der Waals surface area contributed by atoms with Crippen molar-refractivity contribution in [2.24, 2.45) is 0 Å². The Morgan fingerprint density at radius 3 is 2.30 bits per heavy atom. The van der Waals surface area contributed by atoms with Crippen LogP contribution in [-0.2, 0) is 16.0 Å². The van der Waals surface area contributed by atoms with Gasteiger partial charge in [-0.3, -0.25) is 9.59 Å². The lowest BCUT2D eigenvalue weighted by molar-refractivity contribution is -0.146. The molecule has 1 aliphatic heterocycles. The predicted octanol–water partition coefficient (Wildman–Crippen LogP) is 1.56. The van der Waals surface area contributed by atoms with Crippen LogP contribution in [0.3, 0.4) is 0 Å². The number of benzene rings is 1. The Morgan fingerprint density at radius 1 is 1.07 bits per heavy atom. The first kappa shape index (κ1) is 18.8. The number of nitrogens with zero attached hydrogens (tertiary/aromatic N) is 4. The molecule has 2 amide bonds. The Hall–Kier alpha value is -2.96. The van der Waals surface area contributed by atoms with Gasteiger partial charge in [-0.25, -0.2) is 9.97 Å². The Morgan fingerprint density at radius 2 is 1.70 bits per heavy atom. The summed E-state index contributed by atoms with van der Waals surface area (Å²) in [5.74, 6) is -0.398. The van der Waals surface area contributed by atoms with Gasteiger partial charge in [0.25, 0.3) is 0 Å². The Kier molecular flexibility index (Phi) is 6.01. The number of carbonyl (C=O) groups is 2. The minimum Gasteiger partial charge on any atom is -0.341 e. The van der Waals surface area contributed by atoms with Gasteiger partial charge in [0.2, 0.25) is 5.95 Å². The molecule has 0 spiro atoms. The van der Waals surface area contributed by atoms with Crippen LogP contribution in [0.2, 0.25) is 0 Å². The van der Waals surface area contributed by atoms with Gasteiger partial charge in [-0.15, -0.1) is 0 Å². The van der Waals surface area contributed by atoms with E-state index in [0.29, 0.717) is 32.1 Å². The maximum absolute atomic E-state index is 12.5. The van der Waals surface area contributed by atoms with Crippen molar-refractivity contribution in [1.82, 2.24) is 20.2 Å². The van der Waals surface area contributed by atoms with Crippen LogP contribution in [0.1, 0.15) is 31.0 Å². The molecule has 1 fully saturated rings. The van der Waals surface area contributed by atoms with E-state index in [1.165, 1.54) is 5.56 Å². The summed E-state index contributed by atoms with van der Waals surface area (Å²) < 4.78 is 0. The summed E-state index contributed by atoms with van der Waals surface area (Å²) in [6.07, 6.45) is 4.36. The number of hydrogen-bond acceptors (Lipinski definition) is 5. The lowest BCUT2D eigenvalue weighted by atomic mass is 10.0. The minimum atomic E-state index is -0.563. The van der Waals surface area contributed by atoms with Crippen LogP contribution in [0.5, 0.6) is 0 Å². The molecule has 1 unspecified atom stereocenters. The molecule has 0 aliphatic carbocycles. The number of amides is 2. The first-order valence-corrected chi connectivity index (χ1v) is 9.29. The molecule has 1 aromatic carbocycles. The van der Waals surface area contributed by atoms with E-state index < -0.39 is 11.8 Å². The molecule has 3 rings (SSSR count). The number of carbonyl (C=O) groups excluding carboxylic acids is 2. The second-order valence-electron chi connectivity index (χ2n) is 6.62. The second-order valence-corrected chi connectivity index (χ2v) is 6.62. The Balaban J connectivity index is 1.52. The van der Waals surface area contributed by atoms with Crippen LogP contribution in [0.15, 0.2) is 42.7 Å². The highest BCUT2D eigenvalue weighted by molar-refractivity contribution is 6.35. The van der Waals surface area contributed by atoms with Crippen molar-refractivity contribution in [3.8, 4) is 0 Å². The molecule has 142 valence electrons. The highest BCUT2D eigenvalue weighted by Crippen LogP contribution is 2.14. The third kappa shape index (κ3) is 4.61. The van der Waals surface area contributed by atoms with E-state index in [1.54, 1.807) is 23.4 Å². The van der Waals surface area contributed by atoms with Crippen molar-refractivity contribution in [3.63, 3.8) is 0 Å². The summed E-state index contributed by atoms with van der Waals surface area (Å²) in [4.78, 5) is 36.9. The predicted molar refractivity (Wildman–Crippen MR) is 103 cm³/mol. The quantitative estimate of drug-likeness (QED) is 0.830. The lowest BCUT2D eigenvalue weighted by Gasteiger charge is -2.34. The van der Waals surface area contributed by atoms with E-state index >= 15 is 0 Å². The molecule has 0 saturated carbocycles. The standard InChI is InChI=1S/C20H25N5O2/c1-3-16-5-7-17(8-6-16)15(2)23-18(26)19(27)24-11-13-25(14-12-24)20-21-9-4-10-22-20/h4-10,15H,3,11-14H2,1-2H3,(H,23,26). The Bertz CT molecular complexity index is 771. The zero-order valence-electron chi connectivity index (χ0n) is 15.8. The molecule has 7 nitrogen and oxygen atoms in total. The monoisotopic (exact) mass is 367 g/mol. The van der Waals surface area contributed by atoms with Crippen LogP contribution >= 0.6 is 0 Å². The molecule has 1 aromatic heterocycles. The number of rotatable bonds is 4. The number of piperazine rings is 1. The van der Waals surface area contributed by atoms with Crippen LogP contribution in [0.4, 0.5) is 5.95 Å². The summed E-state index contributed by atoms with van der Waals surface area (Å²) in [7, 11) is 0. The van der Waals surface area contributed by atoms with Crippen LogP contribution in [0, 0.1) is 0 Å². The SMILES string of the molecule is CCc1ccc(C(C)NC(=O)C(=O)N2CCN(c3ncccn3)CC2)cc1. The van der Waals surface area contributed by atoms with Gasteiger partial charge in [0.05, 0.1) is 6.04 Å². The molecule has 1 N–H and O–H groups in total. The third-order valence-electron chi connectivity index (χ3n) is 4.83. The van der Waals surface area contributed by atoms with Crippen molar-refractivity contribution < 1.29 is 9.59 Å². The molecule has 2 heterocycles. The van der Waals surface area contributed by atoms with Crippen LogP contribution < -0.4 is 10.2 Å². The smallest absolute Gasteiger partial charge is 0.312 e. The zero-order chi connectivity index (χ0) is 19.2. The average Bonchev–Trinajstić information content (AvgIpc) is 2.74. The summed E-state index contributed by atoms with van der Waals surface area (Å²) in [5.41, 5.74) is 2.23. The number of aryl methyl sites for hydroxylation is 1. The van der Waals surface area contributed by atoms with Gasteiger partial charge < -0.3 is 15.1 Å². The number of aromatic nitrogens is 2. The molecule has 1 atom stereocenters. The summed E-state index contributed by atoms with van der Waals surface area (Å²) in [6.45, 7) is 6.15. The van der Waals surface area contributed by atoms with Crippen LogP contribution in [0.25, 0.3) is 0 Å². The van der Waals surface area contributed by atoms with E-state index in [2.05, 4.69) is 22.2 Å². The average molecular weight is 367 g/mol. The van der Waals surface area contributed by atoms with Gasteiger partial charge in [0.15, 0.2) is 0 Å². The second kappa shape index (κ2) is 8.62.